The Morgan fingerprint density at radius 3 is 2.21 bits per heavy atom. The number of piperidine rings is 2. The summed E-state index contributed by atoms with van der Waals surface area (Å²) in [7, 11) is -1.24. The molecular formula is C12H26N4O2S. The van der Waals surface area contributed by atoms with E-state index >= 15 is 0 Å². The molecule has 0 radical (unpaired) electrons. The summed E-state index contributed by atoms with van der Waals surface area (Å²) in [5.74, 6) is 0.481. The van der Waals surface area contributed by atoms with Gasteiger partial charge >= 0.3 is 0 Å². The lowest BCUT2D eigenvalue weighted by atomic mass is 9.99. The molecule has 0 aliphatic carbocycles. The van der Waals surface area contributed by atoms with Crippen molar-refractivity contribution >= 4 is 10.2 Å². The highest BCUT2D eigenvalue weighted by atomic mass is 32.2. The Kier molecular flexibility index (Phi) is 5.19. The Morgan fingerprint density at radius 2 is 1.68 bits per heavy atom. The van der Waals surface area contributed by atoms with Gasteiger partial charge in [-0.05, 0) is 58.3 Å². The molecule has 0 unspecified atom stereocenters. The second-order valence-corrected chi connectivity index (χ2v) is 7.48. The third kappa shape index (κ3) is 4.13. The van der Waals surface area contributed by atoms with Crippen LogP contribution in [0.25, 0.3) is 0 Å². The predicted molar refractivity (Wildman–Crippen MR) is 75.9 cm³/mol. The molecule has 7 heteroatoms. The predicted octanol–water partition coefficient (Wildman–Crippen LogP) is -0.414. The summed E-state index contributed by atoms with van der Waals surface area (Å²) in [5.41, 5.74) is 5.63. The summed E-state index contributed by atoms with van der Waals surface area (Å²) < 4.78 is 29.0. The molecule has 0 spiro atoms. The van der Waals surface area contributed by atoms with Crippen molar-refractivity contribution in [3.8, 4) is 0 Å². The van der Waals surface area contributed by atoms with Gasteiger partial charge in [-0.2, -0.15) is 17.4 Å². The van der Waals surface area contributed by atoms with Crippen molar-refractivity contribution in [2.75, 3.05) is 39.8 Å². The zero-order valence-electron chi connectivity index (χ0n) is 11.7. The Bertz CT molecular complexity index is 371. The second kappa shape index (κ2) is 6.49. The lowest BCUT2D eigenvalue weighted by Gasteiger charge is -2.34. The molecule has 19 heavy (non-hydrogen) atoms. The van der Waals surface area contributed by atoms with Gasteiger partial charge in [0.1, 0.15) is 0 Å². The van der Waals surface area contributed by atoms with E-state index in [1.807, 2.05) is 0 Å². The van der Waals surface area contributed by atoms with Gasteiger partial charge in [0.15, 0.2) is 0 Å². The largest absolute Gasteiger partial charge is 0.330 e. The number of nitrogens with two attached hydrogens (primary N) is 1. The standard InChI is InChI=1S/C12H26N4O2S/c1-15-6-4-12(5-7-15)14-19(17,18)16-8-2-11(10-13)3-9-16/h11-12,14H,2-10,13H2,1H3. The molecule has 2 rings (SSSR count). The molecule has 3 N–H and O–H groups in total. The molecule has 2 aliphatic rings. The van der Waals surface area contributed by atoms with Crippen LogP contribution in [0.3, 0.4) is 0 Å². The van der Waals surface area contributed by atoms with Gasteiger partial charge in [-0.3, -0.25) is 0 Å². The summed E-state index contributed by atoms with van der Waals surface area (Å²) in [6.45, 7) is 3.79. The Labute approximate surface area is 116 Å². The monoisotopic (exact) mass is 290 g/mol. The first-order valence-electron chi connectivity index (χ1n) is 7.17. The first kappa shape index (κ1) is 15.2. The molecule has 2 saturated heterocycles. The van der Waals surface area contributed by atoms with Crippen molar-refractivity contribution in [1.82, 2.24) is 13.9 Å². The van der Waals surface area contributed by atoms with E-state index in [9.17, 15) is 8.42 Å². The number of likely N-dealkylation sites (tertiary alicyclic amines) is 1. The summed E-state index contributed by atoms with van der Waals surface area (Å²) >= 11 is 0. The van der Waals surface area contributed by atoms with Gasteiger partial charge in [0.2, 0.25) is 0 Å². The fraction of sp³-hybridized carbons (Fsp3) is 1.00. The molecule has 0 bridgehead atoms. The summed E-state index contributed by atoms with van der Waals surface area (Å²) in [6.07, 6.45) is 3.56. The van der Waals surface area contributed by atoms with Crippen LogP contribution in [0.15, 0.2) is 0 Å². The van der Waals surface area contributed by atoms with Crippen molar-refractivity contribution in [3.05, 3.63) is 0 Å². The molecule has 2 aliphatic heterocycles. The van der Waals surface area contributed by atoms with Gasteiger partial charge in [0.05, 0.1) is 0 Å². The minimum Gasteiger partial charge on any atom is -0.330 e. The second-order valence-electron chi connectivity index (χ2n) is 5.78. The molecule has 0 amide bonds. The van der Waals surface area contributed by atoms with Crippen molar-refractivity contribution in [2.45, 2.75) is 31.7 Å². The highest BCUT2D eigenvalue weighted by Crippen LogP contribution is 2.19. The van der Waals surface area contributed by atoms with Crippen LogP contribution in [0.5, 0.6) is 0 Å². The zero-order chi connectivity index (χ0) is 13.9. The van der Waals surface area contributed by atoms with Crippen LogP contribution in [0.4, 0.5) is 0 Å². The van der Waals surface area contributed by atoms with Gasteiger partial charge in [-0.25, -0.2) is 0 Å². The maximum Gasteiger partial charge on any atom is 0.279 e. The minimum atomic E-state index is -3.31. The summed E-state index contributed by atoms with van der Waals surface area (Å²) in [4.78, 5) is 2.23. The summed E-state index contributed by atoms with van der Waals surface area (Å²) in [5, 5.41) is 0. The number of hydrogen-bond donors (Lipinski definition) is 2. The average molecular weight is 290 g/mol. The number of hydrogen-bond acceptors (Lipinski definition) is 4. The fourth-order valence-corrected chi connectivity index (χ4v) is 4.29. The molecule has 2 fully saturated rings. The normalized spacial score (nSPS) is 25.8. The van der Waals surface area contributed by atoms with Crippen LogP contribution < -0.4 is 10.5 Å². The van der Waals surface area contributed by atoms with E-state index in [-0.39, 0.29) is 6.04 Å². The topological polar surface area (TPSA) is 78.7 Å². The van der Waals surface area contributed by atoms with E-state index in [0.717, 1.165) is 38.8 Å². The van der Waals surface area contributed by atoms with Gasteiger partial charge in [0, 0.05) is 19.1 Å². The quantitative estimate of drug-likeness (QED) is 0.737. The SMILES string of the molecule is CN1CCC(NS(=O)(=O)N2CCC(CN)CC2)CC1. The van der Waals surface area contributed by atoms with Gasteiger partial charge in [-0.1, -0.05) is 0 Å². The number of nitrogens with zero attached hydrogens (tertiary/aromatic N) is 2. The summed E-state index contributed by atoms with van der Waals surface area (Å²) in [6, 6.07) is 0.0911. The van der Waals surface area contributed by atoms with E-state index in [4.69, 9.17) is 5.73 Å². The highest BCUT2D eigenvalue weighted by molar-refractivity contribution is 7.87. The third-order valence-corrected chi connectivity index (χ3v) is 5.96. The van der Waals surface area contributed by atoms with Crippen molar-refractivity contribution in [2.24, 2.45) is 11.7 Å². The Hall–Kier alpha value is -0.210. The highest BCUT2D eigenvalue weighted by Gasteiger charge is 2.30. The van der Waals surface area contributed by atoms with E-state index in [1.165, 1.54) is 0 Å². The van der Waals surface area contributed by atoms with Crippen molar-refractivity contribution < 1.29 is 8.42 Å². The molecular weight excluding hydrogens is 264 g/mol. The first-order chi connectivity index (χ1) is 9.01. The number of nitrogens with one attached hydrogen (secondary N) is 1. The lowest BCUT2D eigenvalue weighted by Crippen LogP contribution is -2.51. The molecule has 2 heterocycles. The molecule has 0 aromatic heterocycles. The molecule has 112 valence electrons. The van der Waals surface area contributed by atoms with E-state index in [0.29, 0.717) is 25.6 Å². The molecule has 6 nitrogen and oxygen atoms in total. The molecule has 0 saturated carbocycles. The minimum absolute atomic E-state index is 0.0911. The maximum absolute atomic E-state index is 12.3. The van der Waals surface area contributed by atoms with E-state index in [1.54, 1.807) is 4.31 Å². The molecule has 0 aromatic rings. The van der Waals surface area contributed by atoms with Gasteiger partial charge in [0.25, 0.3) is 10.2 Å². The van der Waals surface area contributed by atoms with E-state index < -0.39 is 10.2 Å². The zero-order valence-corrected chi connectivity index (χ0v) is 12.5. The van der Waals surface area contributed by atoms with Crippen LogP contribution in [0, 0.1) is 5.92 Å². The van der Waals surface area contributed by atoms with Crippen LogP contribution in [-0.4, -0.2) is 63.4 Å². The average Bonchev–Trinajstić information content (AvgIpc) is 2.41. The van der Waals surface area contributed by atoms with Crippen molar-refractivity contribution in [1.29, 1.82) is 0 Å². The van der Waals surface area contributed by atoms with Crippen molar-refractivity contribution in [3.63, 3.8) is 0 Å². The smallest absolute Gasteiger partial charge is 0.279 e. The fourth-order valence-electron chi connectivity index (χ4n) is 2.80. The Morgan fingerprint density at radius 1 is 1.11 bits per heavy atom. The van der Waals surface area contributed by atoms with Crippen LogP contribution in [0.2, 0.25) is 0 Å². The van der Waals surface area contributed by atoms with Crippen LogP contribution >= 0.6 is 0 Å². The van der Waals surface area contributed by atoms with Gasteiger partial charge < -0.3 is 10.6 Å². The first-order valence-corrected chi connectivity index (χ1v) is 8.61. The Balaban J connectivity index is 1.85. The third-order valence-electron chi connectivity index (χ3n) is 4.28. The van der Waals surface area contributed by atoms with Crippen LogP contribution in [0.1, 0.15) is 25.7 Å². The van der Waals surface area contributed by atoms with Gasteiger partial charge in [-0.15, -0.1) is 0 Å². The van der Waals surface area contributed by atoms with E-state index in [2.05, 4.69) is 16.7 Å². The lowest BCUT2D eigenvalue weighted by molar-refractivity contribution is 0.240. The van der Waals surface area contributed by atoms with Crippen LogP contribution in [-0.2, 0) is 10.2 Å². The molecule has 0 aromatic carbocycles. The molecule has 0 atom stereocenters. The number of rotatable bonds is 4. The maximum atomic E-state index is 12.3.